The number of nitrogens with zero attached hydrogens (tertiary/aromatic N) is 4. The summed E-state index contributed by atoms with van der Waals surface area (Å²) in [7, 11) is 0. The Hall–Kier alpha value is -2.69. The highest BCUT2D eigenvalue weighted by molar-refractivity contribution is 5.60. The average molecular weight is 251 g/mol. The van der Waals surface area contributed by atoms with Crippen molar-refractivity contribution < 1.29 is 0 Å². The minimum atomic E-state index is 0.606. The van der Waals surface area contributed by atoms with Crippen LogP contribution >= 0.6 is 0 Å². The van der Waals surface area contributed by atoms with Gasteiger partial charge in [-0.2, -0.15) is 0 Å². The van der Waals surface area contributed by atoms with Gasteiger partial charge in [-0.1, -0.05) is 0 Å². The molecular formula is C14H13N5. The first kappa shape index (κ1) is 11.4. The van der Waals surface area contributed by atoms with Gasteiger partial charge in [0.25, 0.3) is 0 Å². The van der Waals surface area contributed by atoms with Gasteiger partial charge in [-0.15, -0.1) is 0 Å². The van der Waals surface area contributed by atoms with Crippen LogP contribution in [0.5, 0.6) is 0 Å². The summed E-state index contributed by atoms with van der Waals surface area (Å²) in [6.45, 7) is 1.96. The van der Waals surface area contributed by atoms with Gasteiger partial charge in [-0.05, 0) is 36.8 Å². The van der Waals surface area contributed by atoms with E-state index in [1.54, 1.807) is 18.6 Å². The van der Waals surface area contributed by atoms with Crippen molar-refractivity contribution in [2.45, 2.75) is 6.92 Å². The molecule has 0 spiro atoms. The second-order valence-corrected chi connectivity index (χ2v) is 4.30. The summed E-state index contributed by atoms with van der Waals surface area (Å²) in [5, 5.41) is 0. The molecular weight excluding hydrogens is 238 g/mol. The quantitative estimate of drug-likeness (QED) is 0.709. The lowest BCUT2D eigenvalue weighted by Crippen LogP contribution is -2.02. The predicted molar refractivity (Wildman–Crippen MR) is 73.7 cm³/mol. The first-order chi connectivity index (χ1) is 9.24. The number of hydrogen-bond acceptors (Lipinski definition) is 4. The van der Waals surface area contributed by atoms with E-state index in [9.17, 15) is 0 Å². The van der Waals surface area contributed by atoms with Crippen LogP contribution in [0, 0.1) is 6.92 Å². The number of nitrogen functional groups attached to an aromatic ring is 1. The first-order valence-electron chi connectivity index (χ1n) is 5.92. The molecule has 0 aliphatic carbocycles. The molecule has 19 heavy (non-hydrogen) atoms. The Balaban J connectivity index is 2.07. The third kappa shape index (κ3) is 2.18. The highest BCUT2D eigenvalue weighted by atomic mass is 15.2. The molecule has 0 aliphatic heterocycles. The molecule has 0 amide bonds. The molecule has 3 aromatic rings. The number of rotatable bonds is 2. The fourth-order valence-corrected chi connectivity index (χ4v) is 1.82. The molecule has 94 valence electrons. The number of benzene rings is 1. The summed E-state index contributed by atoms with van der Waals surface area (Å²) >= 11 is 0. The zero-order valence-corrected chi connectivity index (χ0v) is 10.5. The highest BCUT2D eigenvalue weighted by Gasteiger charge is 2.09. The summed E-state index contributed by atoms with van der Waals surface area (Å²) in [5.74, 6) is 1.40. The molecule has 0 radical (unpaired) electrons. The Morgan fingerprint density at radius 1 is 1.00 bits per heavy atom. The van der Waals surface area contributed by atoms with Crippen LogP contribution in [-0.4, -0.2) is 19.5 Å². The van der Waals surface area contributed by atoms with E-state index in [1.165, 1.54) is 0 Å². The number of aromatic nitrogens is 4. The number of nitrogens with two attached hydrogens (primary N) is 1. The van der Waals surface area contributed by atoms with Gasteiger partial charge in [-0.25, -0.2) is 15.0 Å². The van der Waals surface area contributed by atoms with E-state index in [0.717, 1.165) is 22.6 Å². The van der Waals surface area contributed by atoms with Crippen molar-refractivity contribution in [3.63, 3.8) is 0 Å². The number of anilines is 1. The van der Waals surface area contributed by atoms with E-state index < -0.39 is 0 Å². The van der Waals surface area contributed by atoms with E-state index in [2.05, 4.69) is 15.0 Å². The lowest BCUT2D eigenvalue weighted by atomic mass is 10.2. The maximum absolute atomic E-state index is 5.69. The van der Waals surface area contributed by atoms with Crippen LogP contribution in [0.25, 0.3) is 17.3 Å². The van der Waals surface area contributed by atoms with E-state index in [0.29, 0.717) is 5.95 Å². The maximum atomic E-state index is 5.69. The molecule has 0 saturated heterocycles. The van der Waals surface area contributed by atoms with Gasteiger partial charge in [0.15, 0.2) is 0 Å². The highest BCUT2D eigenvalue weighted by Crippen LogP contribution is 2.20. The Morgan fingerprint density at radius 2 is 1.68 bits per heavy atom. The second-order valence-electron chi connectivity index (χ2n) is 4.30. The van der Waals surface area contributed by atoms with Crippen LogP contribution in [0.3, 0.4) is 0 Å². The zero-order valence-electron chi connectivity index (χ0n) is 10.5. The van der Waals surface area contributed by atoms with Gasteiger partial charge in [-0.3, -0.25) is 4.57 Å². The molecule has 0 saturated carbocycles. The normalized spacial score (nSPS) is 10.6. The van der Waals surface area contributed by atoms with Crippen molar-refractivity contribution in [3.05, 3.63) is 54.6 Å². The van der Waals surface area contributed by atoms with Crippen molar-refractivity contribution in [1.82, 2.24) is 19.5 Å². The zero-order chi connectivity index (χ0) is 13.2. The van der Waals surface area contributed by atoms with Gasteiger partial charge in [0.1, 0.15) is 5.82 Å². The smallest absolute Gasteiger partial charge is 0.235 e. The molecule has 0 atom stereocenters. The summed E-state index contributed by atoms with van der Waals surface area (Å²) in [5.41, 5.74) is 8.43. The molecule has 5 nitrogen and oxygen atoms in total. The number of hydrogen-bond donors (Lipinski definition) is 1. The van der Waals surface area contributed by atoms with Crippen molar-refractivity contribution >= 4 is 5.69 Å². The summed E-state index contributed by atoms with van der Waals surface area (Å²) in [6.07, 6.45) is 7.15. The fraction of sp³-hybridized carbons (Fsp3) is 0.0714. The molecule has 0 bridgehead atoms. The van der Waals surface area contributed by atoms with Crippen molar-refractivity contribution in [1.29, 1.82) is 0 Å². The topological polar surface area (TPSA) is 69.6 Å². The van der Waals surface area contributed by atoms with Crippen LogP contribution in [0.1, 0.15) is 5.56 Å². The minimum Gasteiger partial charge on any atom is -0.399 e. The monoisotopic (exact) mass is 251 g/mol. The van der Waals surface area contributed by atoms with Crippen molar-refractivity contribution in [2.75, 3.05) is 5.73 Å². The predicted octanol–water partition coefficient (Wildman–Crippen LogP) is 2.22. The number of imidazole rings is 1. The van der Waals surface area contributed by atoms with Crippen LogP contribution in [-0.2, 0) is 0 Å². The number of aryl methyl sites for hydroxylation is 1. The van der Waals surface area contributed by atoms with E-state index in [4.69, 9.17) is 5.73 Å². The third-order valence-corrected chi connectivity index (χ3v) is 2.79. The Labute approximate surface area is 110 Å². The maximum Gasteiger partial charge on any atom is 0.235 e. The molecule has 2 heterocycles. The van der Waals surface area contributed by atoms with E-state index in [-0.39, 0.29) is 0 Å². The standard InChI is InChI=1S/C14H13N5/c1-10-8-17-14(18-9-10)19-7-6-16-13(19)11-2-4-12(15)5-3-11/h2-9H,15H2,1H3. The Kier molecular flexibility index (Phi) is 2.72. The van der Waals surface area contributed by atoms with Crippen molar-refractivity contribution in [3.8, 4) is 17.3 Å². The molecule has 0 unspecified atom stereocenters. The molecule has 3 rings (SSSR count). The molecule has 5 heteroatoms. The van der Waals surface area contributed by atoms with Crippen molar-refractivity contribution in [2.24, 2.45) is 0 Å². The lowest BCUT2D eigenvalue weighted by Gasteiger charge is -2.06. The van der Waals surface area contributed by atoms with Crippen LogP contribution < -0.4 is 5.73 Å². The minimum absolute atomic E-state index is 0.606. The molecule has 2 aromatic heterocycles. The average Bonchev–Trinajstić information content (AvgIpc) is 2.90. The molecule has 1 aromatic carbocycles. The van der Waals surface area contributed by atoms with Crippen LogP contribution in [0.15, 0.2) is 49.1 Å². The summed E-state index contributed by atoms with van der Waals surface area (Å²) < 4.78 is 1.85. The first-order valence-corrected chi connectivity index (χ1v) is 5.92. The van der Waals surface area contributed by atoms with Gasteiger partial charge in [0.05, 0.1) is 0 Å². The second kappa shape index (κ2) is 4.53. The molecule has 2 N–H and O–H groups in total. The largest absolute Gasteiger partial charge is 0.399 e. The van der Waals surface area contributed by atoms with E-state index in [1.807, 2.05) is 42.0 Å². The molecule has 0 fully saturated rings. The Morgan fingerprint density at radius 3 is 2.37 bits per heavy atom. The summed E-state index contributed by atoms with van der Waals surface area (Å²) in [4.78, 5) is 13.0. The van der Waals surface area contributed by atoms with Gasteiger partial charge < -0.3 is 5.73 Å². The Bertz CT molecular complexity index is 623. The van der Waals surface area contributed by atoms with E-state index >= 15 is 0 Å². The van der Waals surface area contributed by atoms with Gasteiger partial charge >= 0.3 is 0 Å². The lowest BCUT2D eigenvalue weighted by molar-refractivity contribution is 0.925. The molecule has 0 aliphatic rings. The SMILES string of the molecule is Cc1cnc(-n2ccnc2-c2ccc(N)cc2)nc1. The summed E-state index contributed by atoms with van der Waals surface area (Å²) in [6, 6.07) is 7.57. The van der Waals surface area contributed by atoms with Crippen LogP contribution in [0.2, 0.25) is 0 Å². The fourth-order valence-electron chi connectivity index (χ4n) is 1.82. The van der Waals surface area contributed by atoms with Gasteiger partial charge in [0, 0.05) is 36.0 Å². The van der Waals surface area contributed by atoms with Crippen LogP contribution in [0.4, 0.5) is 5.69 Å². The van der Waals surface area contributed by atoms with Gasteiger partial charge in [0.2, 0.25) is 5.95 Å². The third-order valence-electron chi connectivity index (χ3n) is 2.79.